The number of likely N-dealkylation sites (N-methyl/N-ethyl adjacent to an activating group) is 1. The van der Waals surface area contributed by atoms with E-state index in [-0.39, 0.29) is 25.4 Å². The number of hydrogen-bond donors (Lipinski definition) is 1. The zero-order valence-electron chi connectivity index (χ0n) is 15.5. The Morgan fingerprint density at radius 1 is 1.15 bits per heavy atom. The summed E-state index contributed by atoms with van der Waals surface area (Å²) in [6.07, 6.45) is 0.115. The van der Waals surface area contributed by atoms with Gasteiger partial charge in [0.15, 0.2) is 0 Å². The summed E-state index contributed by atoms with van der Waals surface area (Å²) < 4.78 is 6.34. The summed E-state index contributed by atoms with van der Waals surface area (Å²) >= 11 is 3.46. The number of halogens is 1. The summed E-state index contributed by atoms with van der Waals surface area (Å²) in [7, 11) is 3.49. The molecule has 2 aromatic rings. The van der Waals surface area contributed by atoms with Gasteiger partial charge in [0.05, 0.1) is 13.7 Å². The van der Waals surface area contributed by atoms with Crippen LogP contribution in [0.3, 0.4) is 0 Å². The maximum absolute atomic E-state index is 12.9. The molecule has 0 aliphatic carbocycles. The molecule has 0 radical (unpaired) electrons. The number of rotatable bonds is 9. The third-order valence-corrected chi connectivity index (χ3v) is 4.53. The quantitative estimate of drug-likeness (QED) is 0.659. The number of methoxy groups -OCH3 is 1. The number of carbonyl (C=O) groups excluding carboxylic acids is 2. The molecule has 0 aliphatic rings. The molecule has 0 aromatic heterocycles. The SMILES string of the molecule is COc1ccc(Br)cc1CN(C)CC(=O)N(CCC(N)=O)c1ccccc1. The Hall–Kier alpha value is -2.38. The van der Waals surface area contributed by atoms with Crippen molar-refractivity contribution in [3.05, 3.63) is 58.6 Å². The van der Waals surface area contributed by atoms with Crippen molar-refractivity contribution in [2.45, 2.75) is 13.0 Å². The second-order valence-corrected chi connectivity index (χ2v) is 7.14. The molecule has 0 heterocycles. The number of hydrogen-bond acceptors (Lipinski definition) is 4. The fourth-order valence-corrected chi connectivity index (χ4v) is 3.17. The highest BCUT2D eigenvalue weighted by molar-refractivity contribution is 9.10. The summed E-state index contributed by atoms with van der Waals surface area (Å²) in [5, 5.41) is 0. The number of para-hydroxylation sites is 1. The monoisotopic (exact) mass is 433 g/mol. The van der Waals surface area contributed by atoms with Crippen molar-refractivity contribution in [3.63, 3.8) is 0 Å². The lowest BCUT2D eigenvalue weighted by Crippen LogP contribution is -2.40. The molecule has 0 atom stereocenters. The van der Waals surface area contributed by atoms with E-state index in [2.05, 4.69) is 15.9 Å². The highest BCUT2D eigenvalue weighted by atomic mass is 79.9. The Balaban J connectivity index is 2.09. The van der Waals surface area contributed by atoms with Gasteiger partial charge in [-0.2, -0.15) is 0 Å². The standard InChI is InChI=1S/C20H24BrN3O3/c1-23(13-15-12-16(21)8-9-18(15)27-2)14-20(26)24(11-10-19(22)25)17-6-4-3-5-7-17/h3-9,12H,10-11,13-14H2,1-2H3,(H2,22,25). The Labute approximate surface area is 168 Å². The molecule has 0 saturated heterocycles. The zero-order valence-corrected chi connectivity index (χ0v) is 17.1. The van der Waals surface area contributed by atoms with Crippen molar-refractivity contribution < 1.29 is 14.3 Å². The molecule has 0 unspecified atom stereocenters. The van der Waals surface area contributed by atoms with Crippen molar-refractivity contribution in [1.29, 1.82) is 0 Å². The molecule has 2 aromatic carbocycles. The van der Waals surface area contributed by atoms with Crippen LogP contribution >= 0.6 is 15.9 Å². The second-order valence-electron chi connectivity index (χ2n) is 6.23. The number of nitrogens with zero attached hydrogens (tertiary/aromatic N) is 2. The number of anilines is 1. The van der Waals surface area contributed by atoms with Crippen LogP contribution in [0.1, 0.15) is 12.0 Å². The van der Waals surface area contributed by atoms with E-state index in [9.17, 15) is 9.59 Å². The van der Waals surface area contributed by atoms with Gasteiger partial charge in [0, 0.05) is 35.2 Å². The van der Waals surface area contributed by atoms with E-state index in [1.165, 1.54) is 0 Å². The molecule has 144 valence electrons. The van der Waals surface area contributed by atoms with Crippen molar-refractivity contribution in [2.75, 3.05) is 32.1 Å². The number of ether oxygens (including phenoxy) is 1. The number of primary amides is 1. The van der Waals surface area contributed by atoms with Crippen LogP contribution in [-0.4, -0.2) is 44.0 Å². The predicted molar refractivity (Wildman–Crippen MR) is 110 cm³/mol. The Morgan fingerprint density at radius 2 is 1.85 bits per heavy atom. The van der Waals surface area contributed by atoms with Crippen LogP contribution in [0.4, 0.5) is 5.69 Å². The molecular formula is C20H24BrN3O3. The van der Waals surface area contributed by atoms with E-state index in [0.717, 1.165) is 21.5 Å². The summed E-state index contributed by atoms with van der Waals surface area (Å²) in [5.74, 6) is 0.237. The molecule has 0 saturated carbocycles. The van der Waals surface area contributed by atoms with Gasteiger partial charge in [-0.3, -0.25) is 14.5 Å². The molecule has 0 aliphatic heterocycles. The van der Waals surface area contributed by atoms with E-state index < -0.39 is 5.91 Å². The molecule has 0 fully saturated rings. The topological polar surface area (TPSA) is 75.9 Å². The van der Waals surface area contributed by atoms with Gasteiger partial charge in [-0.15, -0.1) is 0 Å². The van der Waals surface area contributed by atoms with Gasteiger partial charge < -0.3 is 15.4 Å². The largest absolute Gasteiger partial charge is 0.496 e. The molecule has 6 nitrogen and oxygen atoms in total. The molecular weight excluding hydrogens is 410 g/mol. The van der Waals surface area contributed by atoms with Crippen molar-refractivity contribution >= 4 is 33.4 Å². The van der Waals surface area contributed by atoms with Gasteiger partial charge in [-0.05, 0) is 37.4 Å². The first-order valence-electron chi connectivity index (χ1n) is 8.55. The minimum absolute atomic E-state index is 0.0982. The highest BCUT2D eigenvalue weighted by Gasteiger charge is 2.19. The number of carbonyl (C=O) groups is 2. The first kappa shape index (κ1) is 20.9. The highest BCUT2D eigenvalue weighted by Crippen LogP contribution is 2.24. The van der Waals surface area contributed by atoms with Crippen LogP contribution in [0.15, 0.2) is 53.0 Å². The minimum Gasteiger partial charge on any atom is -0.496 e. The van der Waals surface area contributed by atoms with Gasteiger partial charge in [-0.1, -0.05) is 34.1 Å². The Bertz CT molecular complexity index is 783. The van der Waals surface area contributed by atoms with Crippen molar-refractivity contribution in [3.8, 4) is 5.75 Å². The molecule has 0 spiro atoms. The molecule has 2 N–H and O–H groups in total. The van der Waals surface area contributed by atoms with Gasteiger partial charge >= 0.3 is 0 Å². The van der Waals surface area contributed by atoms with Crippen LogP contribution in [0.2, 0.25) is 0 Å². The summed E-state index contributed by atoms with van der Waals surface area (Å²) in [6, 6.07) is 15.1. The Morgan fingerprint density at radius 3 is 2.48 bits per heavy atom. The third kappa shape index (κ3) is 6.37. The first-order chi connectivity index (χ1) is 12.9. The lowest BCUT2D eigenvalue weighted by molar-refractivity contribution is -0.120. The maximum Gasteiger partial charge on any atom is 0.241 e. The van der Waals surface area contributed by atoms with E-state index in [1.807, 2.05) is 60.5 Å². The van der Waals surface area contributed by atoms with Crippen LogP contribution in [-0.2, 0) is 16.1 Å². The molecule has 2 amide bonds. The molecule has 2 rings (SSSR count). The number of amides is 2. The summed E-state index contributed by atoms with van der Waals surface area (Å²) in [5.41, 5.74) is 6.99. The first-order valence-corrected chi connectivity index (χ1v) is 9.34. The lowest BCUT2D eigenvalue weighted by atomic mass is 10.2. The average Bonchev–Trinajstić information content (AvgIpc) is 2.62. The lowest BCUT2D eigenvalue weighted by Gasteiger charge is -2.25. The molecule has 27 heavy (non-hydrogen) atoms. The fraction of sp³-hybridized carbons (Fsp3) is 0.300. The molecule has 7 heteroatoms. The van der Waals surface area contributed by atoms with Crippen LogP contribution in [0, 0.1) is 0 Å². The second kappa shape index (κ2) is 10.1. The van der Waals surface area contributed by atoms with Crippen molar-refractivity contribution in [1.82, 2.24) is 4.90 Å². The minimum atomic E-state index is -0.434. The smallest absolute Gasteiger partial charge is 0.241 e. The number of benzene rings is 2. The predicted octanol–water partition coefficient (Wildman–Crippen LogP) is 2.80. The zero-order chi connectivity index (χ0) is 19.8. The maximum atomic E-state index is 12.9. The van der Waals surface area contributed by atoms with Gasteiger partial charge in [0.25, 0.3) is 0 Å². The van der Waals surface area contributed by atoms with Crippen LogP contribution < -0.4 is 15.4 Å². The normalized spacial score (nSPS) is 10.7. The van der Waals surface area contributed by atoms with Gasteiger partial charge in [-0.25, -0.2) is 0 Å². The van der Waals surface area contributed by atoms with Crippen LogP contribution in [0.5, 0.6) is 5.75 Å². The van der Waals surface area contributed by atoms with Crippen molar-refractivity contribution in [2.24, 2.45) is 5.73 Å². The van der Waals surface area contributed by atoms with E-state index in [4.69, 9.17) is 10.5 Å². The summed E-state index contributed by atoms with van der Waals surface area (Å²) in [4.78, 5) is 27.6. The molecule has 0 bridgehead atoms. The van der Waals surface area contributed by atoms with E-state index in [0.29, 0.717) is 6.54 Å². The van der Waals surface area contributed by atoms with E-state index >= 15 is 0 Å². The summed E-state index contributed by atoms with van der Waals surface area (Å²) in [6.45, 7) is 1.00. The Kier molecular flexibility index (Phi) is 7.82. The van der Waals surface area contributed by atoms with E-state index in [1.54, 1.807) is 12.0 Å². The average molecular weight is 434 g/mol. The third-order valence-electron chi connectivity index (χ3n) is 4.04. The fourth-order valence-electron chi connectivity index (χ4n) is 2.76. The van der Waals surface area contributed by atoms with Gasteiger partial charge in [0.2, 0.25) is 11.8 Å². The van der Waals surface area contributed by atoms with Gasteiger partial charge in [0.1, 0.15) is 5.75 Å². The number of nitrogens with two attached hydrogens (primary N) is 1. The van der Waals surface area contributed by atoms with Crippen LogP contribution in [0.25, 0.3) is 0 Å².